The second-order valence-electron chi connectivity index (χ2n) is 5.94. The zero-order chi connectivity index (χ0) is 19.2. The van der Waals surface area contributed by atoms with E-state index in [1.807, 2.05) is 6.08 Å². The van der Waals surface area contributed by atoms with Gasteiger partial charge in [-0.25, -0.2) is 0 Å². The summed E-state index contributed by atoms with van der Waals surface area (Å²) in [5.41, 5.74) is 4.23. The molecule has 27 heavy (non-hydrogen) atoms. The van der Waals surface area contributed by atoms with Crippen LogP contribution in [0.25, 0.3) is 11.3 Å². The summed E-state index contributed by atoms with van der Waals surface area (Å²) in [6, 6.07) is 13.4. The summed E-state index contributed by atoms with van der Waals surface area (Å²) in [6.07, 6.45) is 3.48. The van der Waals surface area contributed by atoms with Crippen LogP contribution in [-0.4, -0.2) is 23.0 Å². The van der Waals surface area contributed by atoms with E-state index < -0.39 is 0 Å². The van der Waals surface area contributed by atoms with Crippen molar-refractivity contribution in [2.24, 2.45) is 10.2 Å². The Balaban J connectivity index is 1.94. The molecule has 3 rings (SSSR count). The number of methoxy groups -OCH3 is 1. The highest BCUT2D eigenvalue weighted by Crippen LogP contribution is 2.25. The number of phenolic OH excluding ortho intramolecular Hbond substituents is 1. The standard InChI is InChI=1S/C21H21N3O2S/c1-4-11-24-18(17-8-5-15(2)6-9-17)14-27-21(24)23-22-13-16-7-10-19(25)20(12-16)26-3/h4-10,12-14,25H,1,11H2,2-3H3/b22-13-,23-21-. The fourth-order valence-corrected chi connectivity index (χ4v) is 3.46. The number of aryl methyl sites for hydroxylation is 1. The Labute approximate surface area is 162 Å². The van der Waals surface area contributed by atoms with Crippen LogP contribution < -0.4 is 9.54 Å². The molecule has 0 radical (unpaired) electrons. The van der Waals surface area contributed by atoms with Crippen molar-refractivity contribution >= 4 is 17.6 Å². The van der Waals surface area contributed by atoms with Crippen LogP contribution in [-0.2, 0) is 6.54 Å². The maximum absolute atomic E-state index is 9.66. The first-order valence-electron chi connectivity index (χ1n) is 8.42. The van der Waals surface area contributed by atoms with E-state index in [2.05, 4.69) is 57.9 Å². The Morgan fingerprint density at radius 2 is 2.00 bits per heavy atom. The van der Waals surface area contributed by atoms with Crippen molar-refractivity contribution in [2.75, 3.05) is 7.11 Å². The minimum absolute atomic E-state index is 0.0939. The molecule has 0 spiro atoms. The lowest BCUT2D eigenvalue weighted by Crippen LogP contribution is -2.14. The molecule has 0 bridgehead atoms. The second-order valence-corrected chi connectivity index (χ2v) is 6.78. The number of aromatic nitrogens is 1. The van der Waals surface area contributed by atoms with E-state index in [1.165, 1.54) is 24.0 Å². The zero-order valence-electron chi connectivity index (χ0n) is 15.3. The topological polar surface area (TPSA) is 59.1 Å². The maximum Gasteiger partial charge on any atom is 0.211 e. The molecule has 2 aromatic carbocycles. The van der Waals surface area contributed by atoms with Gasteiger partial charge in [0.2, 0.25) is 4.80 Å². The van der Waals surface area contributed by atoms with Crippen molar-refractivity contribution in [2.45, 2.75) is 13.5 Å². The predicted octanol–water partition coefficient (Wildman–Crippen LogP) is 4.36. The first-order valence-corrected chi connectivity index (χ1v) is 9.30. The molecule has 0 saturated heterocycles. The van der Waals surface area contributed by atoms with E-state index in [-0.39, 0.29) is 5.75 Å². The number of aromatic hydroxyl groups is 1. The van der Waals surface area contributed by atoms with Gasteiger partial charge in [0.15, 0.2) is 11.5 Å². The highest BCUT2D eigenvalue weighted by molar-refractivity contribution is 7.07. The molecule has 0 saturated carbocycles. The maximum atomic E-state index is 9.66. The van der Waals surface area contributed by atoms with E-state index in [0.29, 0.717) is 12.3 Å². The number of benzene rings is 2. The molecule has 0 fully saturated rings. The van der Waals surface area contributed by atoms with Crippen molar-refractivity contribution in [1.29, 1.82) is 0 Å². The molecular weight excluding hydrogens is 358 g/mol. The number of hydrogen-bond donors (Lipinski definition) is 1. The van der Waals surface area contributed by atoms with Gasteiger partial charge in [0.1, 0.15) is 0 Å². The quantitative estimate of drug-likeness (QED) is 0.393. The van der Waals surface area contributed by atoms with Gasteiger partial charge < -0.3 is 14.4 Å². The first kappa shape index (κ1) is 18.7. The SMILES string of the molecule is C=CCn1c(-c2ccc(C)cc2)cs/c1=N\N=C/c1ccc(O)c(OC)c1. The van der Waals surface area contributed by atoms with Crippen molar-refractivity contribution in [3.05, 3.63) is 76.4 Å². The molecule has 0 amide bonds. The summed E-state index contributed by atoms with van der Waals surface area (Å²) in [5, 5.41) is 20.3. The molecule has 0 aliphatic heterocycles. The summed E-state index contributed by atoms with van der Waals surface area (Å²) < 4.78 is 7.19. The molecule has 3 aromatic rings. The molecule has 0 atom stereocenters. The highest BCUT2D eigenvalue weighted by atomic mass is 32.1. The van der Waals surface area contributed by atoms with E-state index >= 15 is 0 Å². The summed E-state index contributed by atoms with van der Waals surface area (Å²) in [7, 11) is 1.51. The average Bonchev–Trinajstić information content (AvgIpc) is 3.07. The normalized spacial score (nSPS) is 11.9. The third kappa shape index (κ3) is 4.35. The number of hydrogen-bond acceptors (Lipinski definition) is 5. The van der Waals surface area contributed by atoms with Crippen LogP contribution in [0.5, 0.6) is 11.5 Å². The Morgan fingerprint density at radius 3 is 2.70 bits per heavy atom. The van der Waals surface area contributed by atoms with Crippen molar-refractivity contribution in [3.63, 3.8) is 0 Å². The van der Waals surface area contributed by atoms with E-state index in [0.717, 1.165) is 21.6 Å². The summed E-state index contributed by atoms with van der Waals surface area (Å²) >= 11 is 1.53. The van der Waals surface area contributed by atoms with Gasteiger partial charge in [-0.3, -0.25) is 0 Å². The molecule has 1 aromatic heterocycles. The number of allylic oxidation sites excluding steroid dienone is 1. The molecule has 1 heterocycles. The molecule has 0 aliphatic rings. The smallest absolute Gasteiger partial charge is 0.211 e. The summed E-state index contributed by atoms with van der Waals surface area (Å²) in [4.78, 5) is 0.785. The van der Waals surface area contributed by atoms with Crippen LogP contribution >= 0.6 is 11.3 Å². The van der Waals surface area contributed by atoms with E-state index in [9.17, 15) is 5.11 Å². The number of ether oxygens (including phenoxy) is 1. The van der Waals surface area contributed by atoms with Gasteiger partial charge in [-0.1, -0.05) is 35.9 Å². The van der Waals surface area contributed by atoms with Crippen molar-refractivity contribution in [1.82, 2.24) is 4.57 Å². The molecule has 138 valence electrons. The molecule has 0 aliphatic carbocycles. The van der Waals surface area contributed by atoms with Gasteiger partial charge in [-0.2, -0.15) is 5.10 Å². The van der Waals surface area contributed by atoms with Crippen LogP contribution in [0.2, 0.25) is 0 Å². The Bertz CT molecular complexity index is 1030. The Morgan fingerprint density at radius 1 is 1.22 bits per heavy atom. The fourth-order valence-electron chi connectivity index (χ4n) is 2.59. The molecule has 1 N–H and O–H groups in total. The van der Waals surface area contributed by atoms with Crippen LogP contribution in [0.1, 0.15) is 11.1 Å². The van der Waals surface area contributed by atoms with Gasteiger partial charge in [0.25, 0.3) is 0 Å². The zero-order valence-corrected chi connectivity index (χ0v) is 16.1. The third-order valence-electron chi connectivity index (χ3n) is 4.01. The lowest BCUT2D eigenvalue weighted by Gasteiger charge is -2.06. The van der Waals surface area contributed by atoms with Crippen LogP contribution in [0, 0.1) is 6.92 Å². The van der Waals surface area contributed by atoms with Crippen molar-refractivity contribution in [3.8, 4) is 22.8 Å². The minimum atomic E-state index is 0.0939. The lowest BCUT2D eigenvalue weighted by molar-refractivity contribution is 0.373. The molecule has 0 unspecified atom stereocenters. The monoisotopic (exact) mass is 379 g/mol. The second kappa shape index (κ2) is 8.51. The highest BCUT2D eigenvalue weighted by Gasteiger charge is 2.07. The fraction of sp³-hybridized carbons (Fsp3) is 0.143. The number of thiazole rings is 1. The molecule has 6 heteroatoms. The van der Waals surface area contributed by atoms with Gasteiger partial charge in [0, 0.05) is 11.9 Å². The number of nitrogens with zero attached hydrogens (tertiary/aromatic N) is 3. The number of rotatable bonds is 6. The van der Waals surface area contributed by atoms with E-state index in [4.69, 9.17) is 4.74 Å². The Hall–Kier alpha value is -3.12. The third-order valence-corrected chi connectivity index (χ3v) is 4.86. The number of phenols is 1. The Kier molecular flexibility index (Phi) is 5.88. The van der Waals surface area contributed by atoms with Gasteiger partial charge in [-0.15, -0.1) is 23.0 Å². The minimum Gasteiger partial charge on any atom is -0.504 e. The van der Waals surface area contributed by atoms with Crippen LogP contribution in [0.4, 0.5) is 0 Å². The molecular formula is C21H21N3O2S. The summed E-state index contributed by atoms with van der Waals surface area (Å²) in [5.74, 6) is 0.495. The van der Waals surface area contributed by atoms with Gasteiger partial charge >= 0.3 is 0 Å². The average molecular weight is 379 g/mol. The van der Waals surface area contributed by atoms with Crippen molar-refractivity contribution < 1.29 is 9.84 Å². The van der Waals surface area contributed by atoms with Crippen LogP contribution in [0.15, 0.2) is 70.7 Å². The van der Waals surface area contributed by atoms with Gasteiger partial charge in [-0.05, 0) is 36.2 Å². The largest absolute Gasteiger partial charge is 0.504 e. The van der Waals surface area contributed by atoms with E-state index in [1.54, 1.807) is 24.4 Å². The first-order chi connectivity index (χ1) is 13.1. The predicted molar refractivity (Wildman–Crippen MR) is 110 cm³/mol. The van der Waals surface area contributed by atoms with Gasteiger partial charge in [0.05, 0.1) is 19.0 Å². The molecule has 5 nitrogen and oxygen atoms in total. The lowest BCUT2D eigenvalue weighted by atomic mass is 10.1. The van der Waals surface area contributed by atoms with Crippen LogP contribution in [0.3, 0.4) is 0 Å². The summed E-state index contributed by atoms with van der Waals surface area (Å²) in [6.45, 7) is 6.57.